The van der Waals surface area contributed by atoms with Crippen molar-refractivity contribution in [3.8, 4) is 0 Å². The zero-order valence-corrected chi connectivity index (χ0v) is 10.9. The summed E-state index contributed by atoms with van der Waals surface area (Å²) in [6.07, 6.45) is 1.44. The van der Waals surface area contributed by atoms with Crippen molar-refractivity contribution >= 4 is 28.8 Å². The van der Waals surface area contributed by atoms with Crippen LogP contribution in [0.5, 0.6) is 0 Å². The number of rotatable bonds is 4. The van der Waals surface area contributed by atoms with E-state index < -0.39 is 5.69 Å². The highest BCUT2D eigenvalue weighted by Crippen LogP contribution is 2.10. The Labute approximate surface area is 112 Å². The summed E-state index contributed by atoms with van der Waals surface area (Å²) in [5.41, 5.74) is -0.573. The van der Waals surface area contributed by atoms with Crippen molar-refractivity contribution in [1.82, 2.24) is 9.55 Å². The molecule has 0 unspecified atom stereocenters. The van der Waals surface area contributed by atoms with E-state index in [2.05, 4.69) is 10.3 Å². The van der Waals surface area contributed by atoms with E-state index in [0.717, 1.165) is 0 Å². The zero-order valence-electron chi connectivity index (χ0n) is 10.1. The maximum Gasteiger partial charge on any atom is 0.349 e. The van der Waals surface area contributed by atoms with Gasteiger partial charge in [-0.25, -0.2) is 4.79 Å². The minimum absolute atomic E-state index is 0.0628. The molecule has 7 heteroatoms. The van der Waals surface area contributed by atoms with Crippen LogP contribution >= 0.6 is 11.3 Å². The van der Waals surface area contributed by atoms with Gasteiger partial charge in [-0.05, 0) is 17.5 Å². The SMILES string of the molecule is CC(=O)Nc1ccn(CC(=O)c2cccs2)c(=O)n1. The molecule has 0 saturated carbocycles. The lowest BCUT2D eigenvalue weighted by atomic mass is 10.3. The number of ketones is 1. The van der Waals surface area contributed by atoms with Crippen LogP contribution in [0.25, 0.3) is 0 Å². The standard InChI is InChI=1S/C12H11N3O3S/c1-8(16)13-11-4-5-15(12(18)14-11)7-9(17)10-3-2-6-19-10/h2-6H,7H2,1H3,(H,13,14,16,18). The molecule has 2 aromatic rings. The van der Waals surface area contributed by atoms with Gasteiger partial charge in [-0.3, -0.25) is 14.2 Å². The van der Waals surface area contributed by atoms with E-state index in [1.807, 2.05) is 0 Å². The summed E-state index contributed by atoms with van der Waals surface area (Å²) >= 11 is 1.33. The first-order valence-corrected chi connectivity index (χ1v) is 6.36. The molecule has 0 aliphatic rings. The average molecular weight is 277 g/mol. The Balaban J connectivity index is 2.16. The lowest BCUT2D eigenvalue weighted by Gasteiger charge is -2.05. The third kappa shape index (κ3) is 3.35. The Morgan fingerprint density at radius 3 is 2.79 bits per heavy atom. The Morgan fingerprint density at radius 1 is 1.42 bits per heavy atom. The van der Waals surface area contributed by atoms with Crippen LogP contribution in [-0.4, -0.2) is 21.2 Å². The minimum atomic E-state index is -0.573. The molecule has 98 valence electrons. The molecule has 1 amide bonds. The van der Waals surface area contributed by atoms with E-state index in [1.165, 1.54) is 35.1 Å². The number of thiophene rings is 1. The van der Waals surface area contributed by atoms with Crippen LogP contribution in [0.1, 0.15) is 16.6 Å². The van der Waals surface area contributed by atoms with E-state index in [4.69, 9.17) is 0 Å². The highest BCUT2D eigenvalue weighted by molar-refractivity contribution is 7.12. The van der Waals surface area contributed by atoms with Crippen molar-refractivity contribution in [3.63, 3.8) is 0 Å². The number of amides is 1. The van der Waals surface area contributed by atoms with Gasteiger partial charge in [-0.2, -0.15) is 4.98 Å². The third-order valence-electron chi connectivity index (χ3n) is 2.29. The Morgan fingerprint density at radius 2 is 2.21 bits per heavy atom. The first-order chi connectivity index (χ1) is 9.06. The van der Waals surface area contributed by atoms with E-state index >= 15 is 0 Å². The Hall–Kier alpha value is -2.28. The van der Waals surface area contributed by atoms with Crippen LogP contribution in [0.2, 0.25) is 0 Å². The van der Waals surface area contributed by atoms with Gasteiger partial charge >= 0.3 is 5.69 Å². The second kappa shape index (κ2) is 5.57. The zero-order chi connectivity index (χ0) is 13.8. The largest absolute Gasteiger partial charge is 0.349 e. The maximum atomic E-state index is 11.8. The lowest BCUT2D eigenvalue weighted by Crippen LogP contribution is -2.27. The van der Waals surface area contributed by atoms with Gasteiger partial charge in [0, 0.05) is 13.1 Å². The number of aromatic nitrogens is 2. The summed E-state index contributed by atoms with van der Waals surface area (Å²) in [5, 5.41) is 4.21. The molecule has 2 aromatic heterocycles. The van der Waals surface area contributed by atoms with Crippen molar-refractivity contribution in [1.29, 1.82) is 0 Å². The number of Topliss-reactive ketones (excluding diaryl/α,β-unsaturated/α-hetero) is 1. The summed E-state index contributed by atoms with van der Waals surface area (Å²) in [6, 6.07) is 4.96. The van der Waals surface area contributed by atoms with Gasteiger partial charge < -0.3 is 5.32 Å². The fraction of sp³-hybridized carbons (Fsp3) is 0.167. The van der Waals surface area contributed by atoms with E-state index in [0.29, 0.717) is 4.88 Å². The topological polar surface area (TPSA) is 81.1 Å². The first-order valence-electron chi connectivity index (χ1n) is 5.48. The van der Waals surface area contributed by atoms with E-state index in [1.54, 1.807) is 17.5 Å². The predicted octanol–water partition coefficient (Wildman–Crippen LogP) is 1.15. The highest BCUT2D eigenvalue weighted by Gasteiger charge is 2.09. The fourth-order valence-corrected chi connectivity index (χ4v) is 2.13. The van der Waals surface area contributed by atoms with Gasteiger partial charge in [0.15, 0.2) is 5.78 Å². The third-order valence-corrected chi connectivity index (χ3v) is 3.20. The molecule has 0 atom stereocenters. The van der Waals surface area contributed by atoms with Gasteiger partial charge in [0.1, 0.15) is 5.82 Å². The van der Waals surface area contributed by atoms with Crippen LogP contribution in [-0.2, 0) is 11.3 Å². The molecular formula is C12H11N3O3S. The van der Waals surface area contributed by atoms with Crippen LogP contribution < -0.4 is 11.0 Å². The van der Waals surface area contributed by atoms with Gasteiger partial charge in [0.05, 0.1) is 11.4 Å². The molecule has 0 bridgehead atoms. The highest BCUT2D eigenvalue weighted by atomic mass is 32.1. The number of hydrogen-bond donors (Lipinski definition) is 1. The molecule has 0 aliphatic carbocycles. The van der Waals surface area contributed by atoms with Crippen molar-refractivity contribution < 1.29 is 9.59 Å². The molecule has 0 spiro atoms. The predicted molar refractivity (Wildman–Crippen MR) is 71.5 cm³/mol. The first kappa shape index (κ1) is 13.2. The number of anilines is 1. The lowest BCUT2D eigenvalue weighted by molar-refractivity contribution is -0.114. The summed E-state index contributed by atoms with van der Waals surface area (Å²) in [5.74, 6) is -0.275. The molecular weight excluding hydrogens is 266 g/mol. The normalized spacial score (nSPS) is 10.2. The fourth-order valence-electron chi connectivity index (χ4n) is 1.47. The summed E-state index contributed by atoms with van der Waals surface area (Å²) in [4.78, 5) is 38.6. The van der Waals surface area contributed by atoms with E-state index in [9.17, 15) is 14.4 Å². The molecule has 0 aliphatic heterocycles. The van der Waals surface area contributed by atoms with E-state index in [-0.39, 0.29) is 24.1 Å². The second-order valence-electron chi connectivity index (χ2n) is 3.80. The van der Waals surface area contributed by atoms with Crippen molar-refractivity contribution in [2.24, 2.45) is 0 Å². The number of carbonyl (C=O) groups excluding carboxylic acids is 2. The van der Waals surface area contributed by atoms with Crippen LogP contribution in [0, 0.1) is 0 Å². The summed E-state index contributed by atoms with van der Waals surface area (Å²) in [6.45, 7) is 1.26. The van der Waals surface area contributed by atoms with Crippen molar-refractivity contribution in [2.75, 3.05) is 5.32 Å². The molecule has 0 saturated heterocycles. The van der Waals surface area contributed by atoms with Gasteiger partial charge in [0.2, 0.25) is 5.91 Å². The van der Waals surface area contributed by atoms with Gasteiger partial charge in [-0.1, -0.05) is 6.07 Å². The minimum Gasteiger partial charge on any atom is -0.311 e. The number of carbonyl (C=O) groups is 2. The molecule has 1 N–H and O–H groups in total. The van der Waals surface area contributed by atoms with Gasteiger partial charge in [0.25, 0.3) is 0 Å². The van der Waals surface area contributed by atoms with Crippen LogP contribution in [0.15, 0.2) is 34.6 Å². The van der Waals surface area contributed by atoms with Crippen LogP contribution in [0.3, 0.4) is 0 Å². The summed E-state index contributed by atoms with van der Waals surface area (Å²) in [7, 11) is 0. The molecule has 0 radical (unpaired) electrons. The number of nitrogens with one attached hydrogen (secondary N) is 1. The number of hydrogen-bond acceptors (Lipinski definition) is 5. The smallest absolute Gasteiger partial charge is 0.311 e. The van der Waals surface area contributed by atoms with Crippen molar-refractivity contribution in [3.05, 3.63) is 45.1 Å². The molecule has 2 rings (SSSR count). The molecule has 2 heterocycles. The average Bonchev–Trinajstić information content (AvgIpc) is 2.85. The Bertz CT molecular complexity index is 661. The monoisotopic (exact) mass is 277 g/mol. The Kier molecular flexibility index (Phi) is 3.86. The number of nitrogens with zero attached hydrogens (tertiary/aromatic N) is 2. The molecule has 19 heavy (non-hydrogen) atoms. The second-order valence-corrected chi connectivity index (χ2v) is 4.75. The molecule has 0 aromatic carbocycles. The van der Waals surface area contributed by atoms with Crippen LogP contribution in [0.4, 0.5) is 5.82 Å². The quantitative estimate of drug-likeness (QED) is 0.850. The maximum absolute atomic E-state index is 11.8. The van der Waals surface area contributed by atoms with Crippen molar-refractivity contribution in [2.45, 2.75) is 13.5 Å². The molecule has 6 nitrogen and oxygen atoms in total. The summed E-state index contributed by atoms with van der Waals surface area (Å²) < 4.78 is 1.20. The molecule has 0 fully saturated rings. The van der Waals surface area contributed by atoms with Gasteiger partial charge in [-0.15, -0.1) is 11.3 Å².